The second kappa shape index (κ2) is 12.4. The molecule has 1 amide bonds. The van der Waals surface area contributed by atoms with E-state index in [1.165, 1.54) is 44.1 Å². The number of amides is 1. The minimum atomic E-state index is -0.0911. The van der Waals surface area contributed by atoms with Crippen LogP contribution in [0.3, 0.4) is 0 Å². The van der Waals surface area contributed by atoms with Gasteiger partial charge in [-0.3, -0.25) is 9.69 Å². The minimum Gasteiger partial charge on any atom is -0.496 e. The van der Waals surface area contributed by atoms with E-state index in [2.05, 4.69) is 55.6 Å². The quantitative estimate of drug-likeness (QED) is 0.317. The first-order valence-corrected chi connectivity index (χ1v) is 16.5. The van der Waals surface area contributed by atoms with E-state index in [-0.39, 0.29) is 5.91 Å². The zero-order valence-electron chi connectivity index (χ0n) is 26.1. The summed E-state index contributed by atoms with van der Waals surface area (Å²) in [6, 6.07) is 18.4. The molecule has 1 aromatic heterocycles. The number of nitrogens with one attached hydrogen (secondary N) is 1. The predicted octanol–water partition coefficient (Wildman–Crippen LogP) is 5.82. The first-order valence-electron chi connectivity index (χ1n) is 16.5. The third-order valence-corrected chi connectivity index (χ3v) is 10.5. The van der Waals surface area contributed by atoms with E-state index in [4.69, 9.17) is 9.47 Å². The first kappa shape index (κ1) is 29.1. The fraction of sp³-hybridized carbons (Fsp3) is 0.528. The Balaban J connectivity index is 0.914. The number of benzene rings is 2. The summed E-state index contributed by atoms with van der Waals surface area (Å²) in [5, 5.41) is 12.0. The highest BCUT2D eigenvalue weighted by atomic mass is 16.5. The van der Waals surface area contributed by atoms with Gasteiger partial charge < -0.3 is 19.7 Å². The number of hydrogen-bond donors (Lipinski definition) is 1. The SMILES string of the molecule is CCOc1cccc(-c2ccc(CN3CCN(c4ccc(C(=O)NCC56CC7CC(CC(C7)C5)C6)nn4)CC3)c(OC)c2)c1. The summed E-state index contributed by atoms with van der Waals surface area (Å²) in [5.74, 6) is 5.17. The van der Waals surface area contributed by atoms with Crippen LogP contribution < -0.4 is 19.7 Å². The summed E-state index contributed by atoms with van der Waals surface area (Å²) >= 11 is 0. The van der Waals surface area contributed by atoms with E-state index in [1.807, 2.05) is 31.2 Å². The molecule has 0 radical (unpaired) electrons. The van der Waals surface area contributed by atoms with Gasteiger partial charge in [-0.05, 0) is 110 Å². The Labute approximate surface area is 261 Å². The van der Waals surface area contributed by atoms with Gasteiger partial charge in [0.2, 0.25) is 0 Å². The number of anilines is 1. The van der Waals surface area contributed by atoms with Crippen molar-refractivity contribution in [3.8, 4) is 22.6 Å². The molecule has 0 spiro atoms. The Kier molecular flexibility index (Phi) is 8.19. The van der Waals surface area contributed by atoms with Gasteiger partial charge in [0, 0.05) is 44.8 Å². The number of piperazine rings is 1. The molecule has 1 saturated heterocycles. The van der Waals surface area contributed by atoms with E-state index in [9.17, 15) is 4.79 Å². The van der Waals surface area contributed by atoms with Crippen molar-refractivity contribution in [3.63, 3.8) is 0 Å². The first-order chi connectivity index (χ1) is 21.5. The summed E-state index contributed by atoms with van der Waals surface area (Å²) in [4.78, 5) is 17.7. The number of aromatic nitrogens is 2. The van der Waals surface area contributed by atoms with Gasteiger partial charge in [-0.2, -0.15) is 0 Å². The fourth-order valence-electron chi connectivity index (χ4n) is 8.84. The van der Waals surface area contributed by atoms with Crippen molar-refractivity contribution in [2.24, 2.45) is 23.2 Å². The third kappa shape index (κ3) is 6.14. The van der Waals surface area contributed by atoms with Crippen LogP contribution in [0, 0.1) is 23.2 Å². The van der Waals surface area contributed by atoms with Gasteiger partial charge in [0.15, 0.2) is 11.5 Å². The van der Waals surface area contributed by atoms with Gasteiger partial charge in [0.25, 0.3) is 5.91 Å². The monoisotopic (exact) mass is 595 g/mol. The van der Waals surface area contributed by atoms with Crippen molar-refractivity contribution in [1.82, 2.24) is 20.4 Å². The maximum atomic E-state index is 13.0. The van der Waals surface area contributed by atoms with E-state index in [0.29, 0.717) is 17.7 Å². The maximum absolute atomic E-state index is 13.0. The normalized spacial score (nSPS) is 26.0. The molecule has 44 heavy (non-hydrogen) atoms. The van der Waals surface area contributed by atoms with Gasteiger partial charge in [-0.1, -0.05) is 24.3 Å². The summed E-state index contributed by atoms with van der Waals surface area (Å²) in [7, 11) is 1.74. The number of methoxy groups -OCH3 is 1. The van der Waals surface area contributed by atoms with Crippen LogP contribution in [-0.4, -0.2) is 67.4 Å². The van der Waals surface area contributed by atoms with Crippen molar-refractivity contribution in [3.05, 3.63) is 65.9 Å². The second-order valence-electron chi connectivity index (χ2n) is 13.6. The van der Waals surface area contributed by atoms with Crippen LogP contribution in [0.25, 0.3) is 11.1 Å². The maximum Gasteiger partial charge on any atom is 0.271 e. The Morgan fingerprint density at radius 2 is 1.64 bits per heavy atom. The van der Waals surface area contributed by atoms with E-state index < -0.39 is 0 Å². The standard InChI is InChI=1S/C36H45N5O3/c1-3-44-31-6-4-5-28(18-31)29-7-8-30(33(19-29)43-2)23-40-11-13-41(14-12-40)34-10-9-32(38-39-34)35(42)37-24-36-20-25-15-26(21-36)17-27(16-25)22-36/h4-10,18-19,25-27H,3,11-17,20-24H2,1-2H3,(H,37,42). The summed E-state index contributed by atoms with van der Waals surface area (Å²) < 4.78 is 11.5. The van der Waals surface area contributed by atoms with Gasteiger partial charge in [-0.25, -0.2) is 0 Å². The van der Waals surface area contributed by atoms with Crippen LogP contribution in [-0.2, 0) is 6.54 Å². The number of hydrogen-bond acceptors (Lipinski definition) is 7. The van der Waals surface area contributed by atoms with Crippen LogP contribution in [0.5, 0.6) is 11.5 Å². The molecule has 0 unspecified atom stereocenters. The number of ether oxygens (including phenoxy) is 2. The summed E-state index contributed by atoms with van der Waals surface area (Å²) in [5.41, 5.74) is 4.13. The minimum absolute atomic E-state index is 0.0911. The Bertz CT molecular complexity index is 1430. The van der Waals surface area contributed by atoms with Gasteiger partial charge in [0.1, 0.15) is 11.5 Å². The number of carbonyl (C=O) groups excluding carboxylic acids is 1. The van der Waals surface area contributed by atoms with Crippen molar-refractivity contribution >= 4 is 11.7 Å². The van der Waals surface area contributed by atoms with Gasteiger partial charge in [0.05, 0.1) is 13.7 Å². The fourth-order valence-corrected chi connectivity index (χ4v) is 8.84. The molecule has 2 heterocycles. The summed E-state index contributed by atoms with van der Waals surface area (Å²) in [6.07, 6.45) is 8.12. The molecule has 8 heteroatoms. The topological polar surface area (TPSA) is 79.8 Å². The zero-order valence-corrected chi connectivity index (χ0v) is 26.1. The third-order valence-electron chi connectivity index (χ3n) is 10.5. The summed E-state index contributed by atoms with van der Waals surface area (Å²) in [6.45, 7) is 7.80. The van der Waals surface area contributed by atoms with Crippen LogP contribution >= 0.6 is 0 Å². The average molecular weight is 596 g/mol. The van der Waals surface area contributed by atoms with Crippen LogP contribution in [0.15, 0.2) is 54.6 Å². The van der Waals surface area contributed by atoms with Gasteiger partial charge >= 0.3 is 0 Å². The molecule has 1 N–H and O–H groups in total. The van der Waals surface area contributed by atoms with Crippen molar-refractivity contribution in [2.75, 3.05) is 51.3 Å². The molecular formula is C36H45N5O3. The Morgan fingerprint density at radius 3 is 2.30 bits per heavy atom. The van der Waals surface area contributed by atoms with Crippen molar-refractivity contribution in [1.29, 1.82) is 0 Å². The molecule has 232 valence electrons. The van der Waals surface area contributed by atoms with Gasteiger partial charge in [-0.15, -0.1) is 10.2 Å². The molecule has 5 aliphatic rings. The smallest absolute Gasteiger partial charge is 0.271 e. The predicted molar refractivity (Wildman–Crippen MR) is 172 cm³/mol. The van der Waals surface area contributed by atoms with Crippen LogP contribution in [0.1, 0.15) is 61.5 Å². The van der Waals surface area contributed by atoms with Crippen molar-refractivity contribution in [2.45, 2.75) is 52.0 Å². The number of carbonyl (C=O) groups is 1. The lowest BCUT2D eigenvalue weighted by molar-refractivity contribution is -0.0503. The molecule has 4 bridgehead atoms. The van der Waals surface area contributed by atoms with Crippen LogP contribution in [0.2, 0.25) is 0 Å². The lowest BCUT2D eigenvalue weighted by Gasteiger charge is -2.56. The number of rotatable bonds is 10. The lowest BCUT2D eigenvalue weighted by atomic mass is 9.49. The molecular weight excluding hydrogens is 550 g/mol. The lowest BCUT2D eigenvalue weighted by Crippen LogP contribution is -2.51. The van der Waals surface area contributed by atoms with E-state index >= 15 is 0 Å². The molecule has 4 saturated carbocycles. The second-order valence-corrected chi connectivity index (χ2v) is 13.6. The molecule has 0 atom stereocenters. The molecule has 1 aliphatic heterocycles. The highest BCUT2D eigenvalue weighted by Crippen LogP contribution is 2.59. The Hall–Kier alpha value is -3.65. The largest absolute Gasteiger partial charge is 0.496 e. The van der Waals surface area contributed by atoms with E-state index in [0.717, 1.165) is 85.5 Å². The Morgan fingerprint density at radius 1 is 0.909 bits per heavy atom. The van der Waals surface area contributed by atoms with Crippen LogP contribution in [0.4, 0.5) is 5.82 Å². The van der Waals surface area contributed by atoms with E-state index in [1.54, 1.807) is 7.11 Å². The molecule has 5 fully saturated rings. The molecule has 4 aliphatic carbocycles. The highest BCUT2D eigenvalue weighted by Gasteiger charge is 2.50. The highest BCUT2D eigenvalue weighted by molar-refractivity contribution is 5.92. The average Bonchev–Trinajstić information content (AvgIpc) is 3.04. The van der Waals surface area contributed by atoms with Crippen molar-refractivity contribution < 1.29 is 14.3 Å². The molecule has 8 rings (SSSR count). The molecule has 2 aromatic carbocycles. The number of nitrogens with zero attached hydrogens (tertiary/aromatic N) is 4. The zero-order chi connectivity index (χ0) is 30.1. The molecule has 8 nitrogen and oxygen atoms in total. The molecule has 3 aromatic rings.